The summed E-state index contributed by atoms with van der Waals surface area (Å²) >= 11 is 0. The van der Waals surface area contributed by atoms with E-state index in [2.05, 4.69) is 16.5 Å². The van der Waals surface area contributed by atoms with Crippen LogP contribution in [0.5, 0.6) is 5.88 Å². The summed E-state index contributed by atoms with van der Waals surface area (Å²) in [5, 5.41) is 0. The first-order chi connectivity index (χ1) is 7.00. The zero-order valence-corrected chi connectivity index (χ0v) is 9.50. The first-order valence-electron chi connectivity index (χ1n) is 4.88. The number of nitrogen functional groups attached to an aromatic ring is 1. The second-order valence-corrected chi connectivity index (χ2v) is 3.64. The van der Waals surface area contributed by atoms with Crippen molar-refractivity contribution < 1.29 is 4.74 Å². The molecule has 0 radical (unpaired) electrons. The van der Waals surface area contributed by atoms with E-state index in [4.69, 9.17) is 10.5 Å². The van der Waals surface area contributed by atoms with Crippen molar-refractivity contribution in [1.29, 1.82) is 0 Å². The largest absolute Gasteiger partial charge is 0.477 e. The van der Waals surface area contributed by atoms with E-state index in [-0.39, 0.29) is 0 Å². The molecule has 0 saturated carbocycles. The van der Waals surface area contributed by atoms with Crippen LogP contribution < -0.4 is 10.5 Å². The fourth-order valence-corrected chi connectivity index (χ4v) is 1.09. The van der Waals surface area contributed by atoms with Gasteiger partial charge >= 0.3 is 0 Å². The number of anilines is 1. The van der Waals surface area contributed by atoms with Crippen LogP contribution in [0.15, 0.2) is 12.2 Å². The molecule has 0 bridgehead atoms. The van der Waals surface area contributed by atoms with Crippen molar-refractivity contribution in [2.75, 3.05) is 12.3 Å². The second kappa shape index (κ2) is 4.77. The van der Waals surface area contributed by atoms with Gasteiger partial charge in [-0.25, -0.2) is 4.98 Å². The van der Waals surface area contributed by atoms with Crippen molar-refractivity contribution in [3.05, 3.63) is 23.5 Å². The summed E-state index contributed by atoms with van der Waals surface area (Å²) < 4.78 is 5.52. The third kappa shape index (κ3) is 3.23. The predicted octanol–water partition coefficient (Wildman–Crippen LogP) is 2.02. The fraction of sp³-hybridized carbons (Fsp3) is 0.455. The maximum Gasteiger partial charge on any atom is 0.221 e. The van der Waals surface area contributed by atoms with Crippen molar-refractivity contribution in [2.24, 2.45) is 0 Å². The molecule has 82 valence electrons. The van der Waals surface area contributed by atoms with Crippen LogP contribution in [-0.4, -0.2) is 16.6 Å². The van der Waals surface area contributed by atoms with E-state index < -0.39 is 0 Å². The number of rotatable bonds is 4. The molecule has 1 rings (SSSR count). The standard InChI is InChI=1S/C11H17N3O/c1-7(2)5-6-15-11-8(3)10(12)13-9(4)14-11/h1,5-6H2,2-4H3,(H2,12,13,14). The second-order valence-electron chi connectivity index (χ2n) is 3.64. The van der Waals surface area contributed by atoms with Gasteiger partial charge in [0, 0.05) is 6.42 Å². The smallest absolute Gasteiger partial charge is 0.221 e. The Bertz CT molecular complexity index is 374. The summed E-state index contributed by atoms with van der Waals surface area (Å²) in [5.74, 6) is 1.68. The molecule has 0 saturated heterocycles. The van der Waals surface area contributed by atoms with Crippen molar-refractivity contribution in [2.45, 2.75) is 27.2 Å². The molecule has 15 heavy (non-hydrogen) atoms. The molecule has 0 amide bonds. The van der Waals surface area contributed by atoms with Crippen LogP contribution in [0, 0.1) is 13.8 Å². The zero-order valence-electron chi connectivity index (χ0n) is 9.50. The molecule has 2 N–H and O–H groups in total. The van der Waals surface area contributed by atoms with Gasteiger partial charge in [0.2, 0.25) is 5.88 Å². The molecule has 1 aromatic heterocycles. The van der Waals surface area contributed by atoms with Crippen LogP contribution in [0.1, 0.15) is 24.7 Å². The lowest BCUT2D eigenvalue weighted by molar-refractivity contribution is 0.306. The van der Waals surface area contributed by atoms with Gasteiger partial charge in [0.15, 0.2) is 0 Å². The maximum atomic E-state index is 5.70. The molecule has 0 atom stereocenters. The average molecular weight is 207 g/mol. The highest BCUT2D eigenvalue weighted by atomic mass is 16.5. The van der Waals surface area contributed by atoms with Gasteiger partial charge in [-0.15, -0.1) is 6.58 Å². The van der Waals surface area contributed by atoms with E-state index in [0.717, 1.165) is 17.6 Å². The first kappa shape index (κ1) is 11.5. The average Bonchev–Trinajstić information content (AvgIpc) is 2.12. The molecule has 0 spiro atoms. The van der Waals surface area contributed by atoms with Crippen molar-refractivity contribution in [1.82, 2.24) is 9.97 Å². The molecular formula is C11H17N3O. The Balaban J connectivity index is 2.72. The lowest BCUT2D eigenvalue weighted by atomic mass is 10.2. The quantitative estimate of drug-likeness (QED) is 0.767. The first-order valence-corrected chi connectivity index (χ1v) is 4.88. The molecule has 1 heterocycles. The summed E-state index contributed by atoms with van der Waals surface area (Å²) in [7, 11) is 0. The number of aryl methyl sites for hydroxylation is 1. The van der Waals surface area contributed by atoms with E-state index in [9.17, 15) is 0 Å². The van der Waals surface area contributed by atoms with Crippen LogP contribution in [0.4, 0.5) is 5.82 Å². The maximum absolute atomic E-state index is 5.70. The molecule has 4 nitrogen and oxygen atoms in total. The molecule has 1 aromatic rings. The zero-order chi connectivity index (χ0) is 11.4. The molecule has 0 aliphatic rings. The monoisotopic (exact) mass is 207 g/mol. The van der Waals surface area contributed by atoms with Crippen LogP contribution >= 0.6 is 0 Å². The Kier molecular flexibility index (Phi) is 3.66. The molecule has 0 aliphatic carbocycles. The summed E-state index contributed by atoms with van der Waals surface area (Å²) in [6.07, 6.45) is 0.822. The number of ether oxygens (including phenoxy) is 1. The van der Waals surface area contributed by atoms with Crippen LogP contribution in [-0.2, 0) is 0 Å². The Morgan fingerprint density at radius 3 is 2.67 bits per heavy atom. The number of nitrogens with two attached hydrogens (primary N) is 1. The summed E-state index contributed by atoms with van der Waals surface area (Å²) in [5.41, 5.74) is 7.59. The lowest BCUT2D eigenvalue weighted by Crippen LogP contribution is -2.06. The van der Waals surface area contributed by atoms with Gasteiger partial charge in [0.05, 0.1) is 12.2 Å². The van der Waals surface area contributed by atoms with Gasteiger partial charge in [-0.3, -0.25) is 0 Å². The van der Waals surface area contributed by atoms with Gasteiger partial charge < -0.3 is 10.5 Å². The number of nitrogens with zero attached hydrogens (tertiary/aromatic N) is 2. The third-order valence-electron chi connectivity index (χ3n) is 2.02. The van der Waals surface area contributed by atoms with Crippen molar-refractivity contribution in [3.8, 4) is 5.88 Å². The van der Waals surface area contributed by atoms with Gasteiger partial charge in [0.1, 0.15) is 11.6 Å². The Morgan fingerprint density at radius 1 is 1.40 bits per heavy atom. The lowest BCUT2D eigenvalue weighted by Gasteiger charge is -2.09. The Labute approximate surface area is 90.2 Å². The summed E-state index contributed by atoms with van der Waals surface area (Å²) in [4.78, 5) is 8.23. The van der Waals surface area contributed by atoms with E-state index in [1.165, 1.54) is 0 Å². The SMILES string of the molecule is C=C(C)CCOc1nc(C)nc(N)c1C. The third-order valence-corrected chi connectivity index (χ3v) is 2.02. The minimum Gasteiger partial charge on any atom is -0.477 e. The van der Waals surface area contributed by atoms with Crippen LogP contribution in [0.2, 0.25) is 0 Å². The van der Waals surface area contributed by atoms with Crippen LogP contribution in [0.3, 0.4) is 0 Å². The highest BCUT2D eigenvalue weighted by molar-refractivity contribution is 5.44. The highest BCUT2D eigenvalue weighted by Gasteiger charge is 2.07. The van der Waals surface area contributed by atoms with Crippen LogP contribution in [0.25, 0.3) is 0 Å². The Hall–Kier alpha value is -1.58. The predicted molar refractivity (Wildman–Crippen MR) is 60.8 cm³/mol. The Morgan fingerprint density at radius 2 is 2.07 bits per heavy atom. The molecule has 0 aromatic carbocycles. The molecule has 0 fully saturated rings. The number of hydrogen-bond acceptors (Lipinski definition) is 4. The van der Waals surface area contributed by atoms with E-state index in [0.29, 0.717) is 24.1 Å². The normalized spacial score (nSPS) is 10.1. The fourth-order valence-electron chi connectivity index (χ4n) is 1.09. The van der Waals surface area contributed by atoms with Crippen molar-refractivity contribution in [3.63, 3.8) is 0 Å². The van der Waals surface area contributed by atoms with E-state index in [1.807, 2.05) is 13.8 Å². The molecule has 0 aliphatic heterocycles. The minimum atomic E-state index is 0.479. The van der Waals surface area contributed by atoms with Gasteiger partial charge in [0.25, 0.3) is 0 Å². The van der Waals surface area contributed by atoms with Gasteiger partial charge in [-0.1, -0.05) is 5.57 Å². The topological polar surface area (TPSA) is 61.0 Å². The van der Waals surface area contributed by atoms with E-state index in [1.54, 1.807) is 6.92 Å². The molecule has 0 unspecified atom stereocenters. The molecule has 4 heteroatoms. The van der Waals surface area contributed by atoms with Gasteiger partial charge in [-0.2, -0.15) is 4.98 Å². The van der Waals surface area contributed by atoms with Gasteiger partial charge in [-0.05, 0) is 20.8 Å². The highest BCUT2D eigenvalue weighted by Crippen LogP contribution is 2.19. The summed E-state index contributed by atoms with van der Waals surface area (Å²) in [6.45, 7) is 10.00. The van der Waals surface area contributed by atoms with Crippen molar-refractivity contribution >= 4 is 5.82 Å². The van der Waals surface area contributed by atoms with E-state index >= 15 is 0 Å². The minimum absolute atomic E-state index is 0.479. The summed E-state index contributed by atoms with van der Waals surface area (Å²) in [6, 6.07) is 0. The number of hydrogen-bond donors (Lipinski definition) is 1. The number of aromatic nitrogens is 2. The molecular weight excluding hydrogens is 190 g/mol.